The molecular weight excluding hydrogens is 627 g/mol. The number of carbonyl (C=O) groups is 1. The van der Waals surface area contributed by atoms with Gasteiger partial charge in [0, 0.05) is 55.0 Å². The molecule has 2 N–H and O–H groups in total. The maximum Gasteiger partial charge on any atom is 0.319 e. The molecule has 3 aliphatic rings. The SMILES string of the molecule is [C-]#[N+]c1c(N)sc2c(F)ccc(-c3ccc4c(N(C)[C@@H]5C[C@@H](C)N(C(=O)C=C)C5)nc(OC[C@@]56CCCN5C[C@H](F)C6)nc4c3F)c12. The zero-order valence-corrected chi connectivity index (χ0v) is 26.9. The van der Waals surface area contributed by atoms with Crippen LogP contribution < -0.4 is 15.4 Å². The van der Waals surface area contributed by atoms with Gasteiger partial charge in [-0.2, -0.15) is 9.97 Å². The molecule has 244 valence electrons. The fourth-order valence-corrected chi connectivity index (χ4v) is 8.64. The number of likely N-dealkylation sites (tertiary alicyclic amines) is 1. The Morgan fingerprint density at radius 3 is 2.83 bits per heavy atom. The van der Waals surface area contributed by atoms with Crippen molar-refractivity contribution in [3.05, 3.63) is 60.0 Å². The standard InChI is InChI=1S/C34H34F3N7O2S/c1-5-25(45)44-16-20(13-18(44)2)42(4)32-23-8-7-22(21-9-10-24(36)30-26(21)29(39-3)31(38)47-30)27(37)28(23)40-33(41-32)46-17-34-11-6-12-43(34)15-19(35)14-34/h5,7-10,18-20H,1,6,11-17,38H2,2,4H3/t18-,19-,20-,34+/m1/s1. The number of nitrogens with zero attached hydrogens (tertiary/aromatic N) is 6. The predicted molar refractivity (Wildman–Crippen MR) is 178 cm³/mol. The van der Waals surface area contributed by atoms with Gasteiger partial charge < -0.3 is 20.3 Å². The van der Waals surface area contributed by atoms with E-state index in [0.29, 0.717) is 42.7 Å². The highest BCUT2D eigenvalue weighted by Crippen LogP contribution is 2.47. The molecule has 5 heterocycles. The van der Waals surface area contributed by atoms with Crippen molar-refractivity contribution in [1.82, 2.24) is 19.8 Å². The summed E-state index contributed by atoms with van der Waals surface area (Å²) in [5, 5.41) is 0.821. The second kappa shape index (κ2) is 11.7. The molecule has 0 radical (unpaired) electrons. The second-order valence-electron chi connectivity index (χ2n) is 12.8. The topological polar surface area (TPSA) is 92.2 Å². The lowest BCUT2D eigenvalue weighted by atomic mass is 9.95. The highest BCUT2D eigenvalue weighted by atomic mass is 32.1. The maximum absolute atomic E-state index is 16.8. The van der Waals surface area contributed by atoms with E-state index in [0.717, 1.165) is 30.7 Å². The molecule has 7 rings (SSSR count). The molecule has 2 aromatic heterocycles. The van der Waals surface area contributed by atoms with Gasteiger partial charge in [0.1, 0.15) is 29.9 Å². The first kappa shape index (κ1) is 31.2. The molecule has 2 aromatic carbocycles. The third-order valence-corrected chi connectivity index (χ3v) is 11.1. The summed E-state index contributed by atoms with van der Waals surface area (Å²) in [6.45, 7) is 15.0. The summed E-state index contributed by atoms with van der Waals surface area (Å²) >= 11 is 0.950. The summed E-state index contributed by atoms with van der Waals surface area (Å²) in [6, 6.07) is 5.74. The van der Waals surface area contributed by atoms with Crippen LogP contribution in [0, 0.1) is 18.2 Å². The minimum Gasteiger partial charge on any atom is -0.461 e. The molecule has 0 aliphatic carbocycles. The van der Waals surface area contributed by atoms with E-state index in [2.05, 4.69) is 21.3 Å². The number of benzene rings is 2. The maximum atomic E-state index is 16.8. The molecule has 4 atom stereocenters. The molecule has 9 nitrogen and oxygen atoms in total. The lowest BCUT2D eigenvalue weighted by Gasteiger charge is -2.31. The van der Waals surface area contributed by atoms with E-state index in [1.54, 1.807) is 17.0 Å². The third kappa shape index (κ3) is 5.05. The number of ether oxygens (including phenoxy) is 1. The van der Waals surface area contributed by atoms with Gasteiger partial charge in [-0.25, -0.2) is 18.0 Å². The number of thiophene rings is 1. The molecule has 0 unspecified atom stereocenters. The van der Waals surface area contributed by atoms with Crippen LogP contribution in [0.3, 0.4) is 0 Å². The van der Waals surface area contributed by atoms with Crippen LogP contribution in [0.25, 0.3) is 37.0 Å². The lowest BCUT2D eigenvalue weighted by Crippen LogP contribution is -2.43. The number of likely N-dealkylation sites (N-methyl/N-ethyl adjacent to an activating group) is 1. The van der Waals surface area contributed by atoms with Crippen molar-refractivity contribution in [3.8, 4) is 17.1 Å². The zero-order valence-electron chi connectivity index (χ0n) is 26.1. The van der Waals surface area contributed by atoms with Crippen LogP contribution in [0.4, 0.5) is 29.7 Å². The molecular formula is C34H34F3N7O2S. The van der Waals surface area contributed by atoms with Crippen LogP contribution >= 0.6 is 11.3 Å². The summed E-state index contributed by atoms with van der Waals surface area (Å²) < 4.78 is 52.5. The van der Waals surface area contributed by atoms with Crippen molar-refractivity contribution in [2.45, 2.75) is 56.4 Å². The highest BCUT2D eigenvalue weighted by Gasteiger charge is 2.49. The molecule has 3 fully saturated rings. The van der Waals surface area contributed by atoms with E-state index in [9.17, 15) is 13.6 Å². The van der Waals surface area contributed by atoms with Crippen molar-refractivity contribution in [1.29, 1.82) is 0 Å². The Balaban J connectivity index is 1.35. The molecule has 0 spiro atoms. The van der Waals surface area contributed by atoms with Crippen molar-refractivity contribution in [2.24, 2.45) is 0 Å². The number of nitrogen functional groups attached to an aromatic ring is 1. The number of carbonyl (C=O) groups excluding carboxylic acids is 1. The second-order valence-corrected chi connectivity index (χ2v) is 13.8. The fourth-order valence-electron chi connectivity index (χ4n) is 7.70. The van der Waals surface area contributed by atoms with Crippen LogP contribution in [0.5, 0.6) is 6.01 Å². The normalized spacial score (nSPS) is 24.2. The van der Waals surface area contributed by atoms with Gasteiger partial charge >= 0.3 is 6.01 Å². The number of anilines is 2. The van der Waals surface area contributed by atoms with Crippen molar-refractivity contribution in [2.75, 3.05) is 43.9 Å². The summed E-state index contributed by atoms with van der Waals surface area (Å²) in [6.07, 6.45) is 3.08. The van der Waals surface area contributed by atoms with E-state index in [4.69, 9.17) is 22.0 Å². The van der Waals surface area contributed by atoms with Crippen molar-refractivity contribution >= 4 is 54.7 Å². The van der Waals surface area contributed by atoms with Crippen LogP contribution in [-0.4, -0.2) is 82.8 Å². The van der Waals surface area contributed by atoms with Gasteiger partial charge in [0.2, 0.25) is 11.6 Å². The Bertz CT molecular complexity index is 1980. The smallest absolute Gasteiger partial charge is 0.319 e. The summed E-state index contributed by atoms with van der Waals surface area (Å²) in [7, 11) is 1.85. The number of hydrogen-bond acceptors (Lipinski definition) is 8. The molecule has 3 saturated heterocycles. The summed E-state index contributed by atoms with van der Waals surface area (Å²) in [4.78, 5) is 31.2. The van der Waals surface area contributed by atoms with E-state index >= 15 is 4.39 Å². The number of nitrogens with two attached hydrogens (primary N) is 1. The number of rotatable bonds is 7. The lowest BCUT2D eigenvalue weighted by molar-refractivity contribution is -0.126. The predicted octanol–water partition coefficient (Wildman–Crippen LogP) is 6.49. The number of halogens is 3. The fraction of sp³-hybridized carbons (Fsp3) is 0.412. The first-order valence-corrected chi connectivity index (χ1v) is 16.4. The molecule has 0 saturated carbocycles. The Hall–Kier alpha value is -4.41. The minimum atomic E-state index is -0.942. The molecule has 1 amide bonds. The Labute approximate surface area is 274 Å². The molecule has 4 aromatic rings. The average Bonchev–Trinajstić information content (AvgIpc) is 3.80. The van der Waals surface area contributed by atoms with Gasteiger partial charge in [0.05, 0.1) is 21.8 Å². The van der Waals surface area contributed by atoms with Gasteiger partial charge in [-0.1, -0.05) is 18.7 Å². The van der Waals surface area contributed by atoms with Gasteiger partial charge in [-0.05, 0) is 56.5 Å². The molecule has 3 aliphatic heterocycles. The van der Waals surface area contributed by atoms with E-state index in [1.165, 1.54) is 18.2 Å². The van der Waals surface area contributed by atoms with Crippen LogP contribution in [-0.2, 0) is 4.79 Å². The molecule has 13 heteroatoms. The highest BCUT2D eigenvalue weighted by molar-refractivity contribution is 7.23. The largest absolute Gasteiger partial charge is 0.461 e. The van der Waals surface area contributed by atoms with Gasteiger partial charge in [-0.15, -0.1) is 11.3 Å². The number of amides is 1. The number of aromatic nitrogens is 2. The van der Waals surface area contributed by atoms with E-state index in [-0.39, 0.29) is 62.5 Å². The monoisotopic (exact) mass is 661 g/mol. The number of fused-ring (bicyclic) bond motifs is 3. The quantitative estimate of drug-likeness (QED) is 0.179. The van der Waals surface area contributed by atoms with Crippen LogP contribution in [0.15, 0.2) is 36.9 Å². The Morgan fingerprint density at radius 2 is 2.06 bits per heavy atom. The van der Waals surface area contributed by atoms with Crippen molar-refractivity contribution < 1.29 is 22.7 Å². The number of hydrogen-bond donors (Lipinski definition) is 1. The summed E-state index contributed by atoms with van der Waals surface area (Å²) in [5.41, 5.74) is 6.10. The Morgan fingerprint density at radius 1 is 1.28 bits per heavy atom. The molecule has 47 heavy (non-hydrogen) atoms. The first-order chi connectivity index (χ1) is 22.5. The first-order valence-electron chi connectivity index (χ1n) is 15.6. The van der Waals surface area contributed by atoms with E-state index < -0.39 is 23.3 Å². The van der Waals surface area contributed by atoms with Crippen molar-refractivity contribution in [3.63, 3.8) is 0 Å². The molecule has 0 bridgehead atoms. The third-order valence-electron chi connectivity index (χ3n) is 10.1. The number of alkyl halides is 1. The van der Waals surface area contributed by atoms with Crippen LogP contribution in [0.2, 0.25) is 0 Å². The minimum absolute atomic E-state index is 0.0139. The zero-order chi connectivity index (χ0) is 33.2. The van der Waals surface area contributed by atoms with Gasteiger partial charge in [0.15, 0.2) is 5.82 Å². The average molecular weight is 662 g/mol. The van der Waals surface area contributed by atoms with E-state index in [1.807, 2.05) is 18.9 Å². The Kier molecular flexibility index (Phi) is 7.75. The summed E-state index contributed by atoms with van der Waals surface area (Å²) in [5.74, 6) is -0.980. The van der Waals surface area contributed by atoms with Gasteiger partial charge in [0.25, 0.3) is 0 Å². The van der Waals surface area contributed by atoms with Gasteiger partial charge in [-0.3, -0.25) is 9.69 Å². The van der Waals surface area contributed by atoms with Crippen LogP contribution in [0.1, 0.15) is 32.6 Å².